The molecule has 3 nitrogen and oxygen atoms in total. The normalized spacial score (nSPS) is 19.3. The Kier molecular flexibility index (Phi) is 3.50. The molecular formula is C13H16F2N2O. The molecule has 98 valence electrons. The molecule has 0 saturated carbocycles. The fraction of sp³-hybridized carbons (Fsp3) is 0.462. The molecule has 1 aromatic carbocycles. The molecule has 1 aromatic rings. The molecule has 0 aromatic heterocycles. The number of hydrogen-bond acceptors (Lipinski definition) is 2. The Hall–Kier alpha value is -1.65. The maximum absolute atomic E-state index is 13.6. The molecule has 0 aliphatic carbocycles. The number of nitrogen functional groups attached to an aromatic ring is 1. The van der Waals surface area contributed by atoms with E-state index in [0.29, 0.717) is 12.6 Å². The zero-order valence-electron chi connectivity index (χ0n) is 10.2. The predicted molar refractivity (Wildman–Crippen MR) is 65.1 cm³/mol. The average molecular weight is 254 g/mol. The second-order valence-corrected chi connectivity index (χ2v) is 4.56. The summed E-state index contributed by atoms with van der Waals surface area (Å²) in [7, 11) is 0. The van der Waals surface area contributed by atoms with E-state index in [1.165, 1.54) is 0 Å². The van der Waals surface area contributed by atoms with Crippen molar-refractivity contribution in [3.63, 3.8) is 0 Å². The van der Waals surface area contributed by atoms with E-state index in [9.17, 15) is 13.6 Å². The van der Waals surface area contributed by atoms with Crippen molar-refractivity contribution in [1.82, 2.24) is 4.90 Å². The van der Waals surface area contributed by atoms with Crippen LogP contribution in [0.5, 0.6) is 0 Å². The van der Waals surface area contributed by atoms with E-state index in [2.05, 4.69) is 0 Å². The first-order chi connectivity index (χ1) is 8.54. The molecule has 1 atom stereocenters. The third kappa shape index (κ3) is 2.17. The van der Waals surface area contributed by atoms with E-state index in [1.54, 1.807) is 4.90 Å². The van der Waals surface area contributed by atoms with Crippen molar-refractivity contribution in [2.24, 2.45) is 0 Å². The van der Waals surface area contributed by atoms with Gasteiger partial charge in [0.2, 0.25) is 0 Å². The van der Waals surface area contributed by atoms with Gasteiger partial charge in [0.05, 0.1) is 11.3 Å². The number of benzene rings is 1. The quantitative estimate of drug-likeness (QED) is 0.824. The van der Waals surface area contributed by atoms with Crippen molar-refractivity contribution in [3.8, 4) is 0 Å². The number of nitrogens with two attached hydrogens (primary N) is 1. The number of anilines is 1. The molecule has 5 heteroatoms. The summed E-state index contributed by atoms with van der Waals surface area (Å²) in [4.78, 5) is 13.9. The van der Waals surface area contributed by atoms with Gasteiger partial charge in [-0.15, -0.1) is 0 Å². The Morgan fingerprint density at radius 2 is 2.17 bits per heavy atom. The zero-order valence-corrected chi connectivity index (χ0v) is 10.2. The van der Waals surface area contributed by atoms with E-state index in [-0.39, 0.29) is 17.3 Å². The number of nitrogens with zero attached hydrogens (tertiary/aromatic N) is 1. The van der Waals surface area contributed by atoms with E-state index in [1.807, 2.05) is 6.92 Å². The Bertz CT molecular complexity index is 476. The monoisotopic (exact) mass is 254 g/mol. The van der Waals surface area contributed by atoms with E-state index >= 15 is 0 Å². The third-order valence-corrected chi connectivity index (χ3v) is 3.43. The smallest absolute Gasteiger partial charge is 0.257 e. The summed E-state index contributed by atoms with van der Waals surface area (Å²) in [5.74, 6) is -2.09. The molecule has 1 aliphatic rings. The lowest BCUT2D eigenvalue weighted by atomic mass is 10.1. The van der Waals surface area contributed by atoms with Crippen molar-refractivity contribution in [2.45, 2.75) is 32.2 Å². The minimum Gasteiger partial charge on any atom is -0.396 e. The number of carbonyl (C=O) groups excluding carboxylic acids is 1. The van der Waals surface area contributed by atoms with Crippen LogP contribution in [-0.2, 0) is 0 Å². The van der Waals surface area contributed by atoms with Crippen molar-refractivity contribution < 1.29 is 13.6 Å². The molecule has 1 aliphatic heterocycles. The van der Waals surface area contributed by atoms with Gasteiger partial charge in [-0.2, -0.15) is 0 Å². The fourth-order valence-electron chi connectivity index (χ4n) is 2.41. The van der Waals surface area contributed by atoms with Crippen LogP contribution in [-0.4, -0.2) is 23.4 Å². The Balaban J connectivity index is 2.31. The highest BCUT2D eigenvalue weighted by Crippen LogP contribution is 2.25. The van der Waals surface area contributed by atoms with Gasteiger partial charge in [-0.25, -0.2) is 8.78 Å². The summed E-state index contributed by atoms with van der Waals surface area (Å²) in [5, 5.41) is 0. The molecule has 0 bridgehead atoms. The van der Waals surface area contributed by atoms with Gasteiger partial charge in [0.15, 0.2) is 0 Å². The molecular weight excluding hydrogens is 238 g/mol. The summed E-state index contributed by atoms with van der Waals surface area (Å²) < 4.78 is 26.7. The molecule has 1 saturated heterocycles. The van der Waals surface area contributed by atoms with Gasteiger partial charge in [-0.3, -0.25) is 4.79 Å². The zero-order chi connectivity index (χ0) is 13.3. The second-order valence-electron chi connectivity index (χ2n) is 4.56. The number of likely N-dealkylation sites (tertiary alicyclic amines) is 1. The van der Waals surface area contributed by atoms with E-state index < -0.39 is 17.5 Å². The topological polar surface area (TPSA) is 46.3 Å². The minimum absolute atomic E-state index is 0.142. The first kappa shape index (κ1) is 12.8. The third-order valence-electron chi connectivity index (χ3n) is 3.43. The molecule has 18 heavy (non-hydrogen) atoms. The van der Waals surface area contributed by atoms with Crippen LogP contribution in [0.3, 0.4) is 0 Å². The number of rotatable bonds is 2. The molecule has 1 fully saturated rings. The van der Waals surface area contributed by atoms with Crippen LogP contribution in [0.15, 0.2) is 12.1 Å². The second kappa shape index (κ2) is 4.92. The van der Waals surface area contributed by atoms with Crippen LogP contribution in [0, 0.1) is 11.6 Å². The summed E-state index contributed by atoms with van der Waals surface area (Å²) in [6.07, 6.45) is 2.69. The number of hydrogen-bond donors (Lipinski definition) is 1. The van der Waals surface area contributed by atoms with Crippen LogP contribution in [0.25, 0.3) is 0 Å². The minimum atomic E-state index is -0.853. The van der Waals surface area contributed by atoms with Crippen LogP contribution in [0.4, 0.5) is 14.5 Å². The average Bonchev–Trinajstić information content (AvgIpc) is 2.81. The number of carbonyl (C=O) groups is 1. The highest BCUT2D eigenvalue weighted by Gasteiger charge is 2.29. The highest BCUT2D eigenvalue weighted by atomic mass is 19.1. The number of amides is 1. The maximum atomic E-state index is 13.6. The lowest BCUT2D eigenvalue weighted by molar-refractivity contribution is 0.0729. The van der Waals surface area contributed by atoms with Gasteiger partial charge in [0.1, 0.15) is 11.6 Å². The van der Waals surface area contributed by atoms with Crippen LogP contribution in [0.2, 0.25) is 0 Å². The maximum Gasteiger partial charge on any atom is 0.257 e. The molecule has 2 rings (SSSR count). The SMILES string of the molecule is CCC1CCCN1C(=O)c1cc(N)c(F)cc1F. The standard InChI is InChI=1S/C13H16F2N2O/c1-2-8-4-3-5-17(8)13(18)9-6-12(16)11(15)7-10(9)14/h6-8H,2-5,16H2,1H3. The molecule has 0 spiro atoms. The van der Waals surface area contributed by atoms with E-state index in [4.69, 9.17) is 5.73 Å². The van der Waals surface area contributed by atoms with Gasteiger partial charge in [0.25, 0.3) is 5.91 Å². The van der Waals surface area contributed by atoms with Crippen LogP contribution in [0.1, 0.15) is 36.5 Å². The predicted octanol–water partition coefficient (Wildman–Crippen LogP) is 2.56. The lowest BCUT2D eigenvalue weighted by Crippen LogP contribution is -2.35. The van der Waals surface area contributed by atoms with Crippen LogP contribution < -0.4 is 5.73 Å². The molecule has 1 amide bonds. The summed E-state index contributed by atoms with van der Waals surface area (Å²) in [6.45, 7) is 2.61. The fourth-order valence-corrected chi connectivity index (χ4v) is 2.41. The first-order valence-corrected chi connectivity index (χ1v) is 6.10. The van der Waals surface area contributed by atoms with Crippen LogP contribution >= 0.6 is 0 Å². The largest absolute Gasteiger partial charge is 0.396 e. The molecule has 1 heterocycles. The van der Waals surface area contributed by atoms with Gasteiger partial charge < -0.3 is 10.6 Å². The Morgan fingerprint density at radius 3 is 2.83 bits per heavy atom. The van der Waals surface area contributed by atoms with Crippen molar-refractivity contribution >= 4 is 11.6 Å². The van der Waals surface area contributed by atoms with Gasteiger partial charge >= 0.3 is 0 Å². The Morgan fingerprint density at radius 1 is 1.44 bits per heavy atom. The van der Waals surface area contributed by atoms with E-state index in [0.717, 1.165) is 25.3 Å². The molecule has 0 radical (unpaired) electrons. The molecule has 2 N–H and O–H groups in total. The lowest BCUT2D eigenvalue weighted by Gasteiger charge is -2.24. The summed E-state index contributed by atoms with van der Waals surface area (Å²) in [5.41, 5.74) is 5.03. The molecule has 1 unspecified atom stereocenters. The van der Waals surface area contributed by atoms with Gasteiger partial charge in [-0.1, -0.05) is 6.92 Å². The summed E-state index contributed by atoms with van der Waals surface area (Å²) >= 11 is 0. The van der Waals surface area contributed by atoms with Gasteiger partial charge in [0, 0.05) is 18.7 Å². The number of halogens is 2. The van der Waals surface area contributed by atoms with Crippen molar-refractivity contribution in [2.75, 3.05) is 12.3 Å². The summed E-state index contributed by atoms with van der Waals surface area (Å²) in [6, 6.07) is 1.89. The van der Waals surface area contributed by atoms with Crippen molar-refractivity contribution in [3.05, 3.63) is 29.3 Å². The van der Waals surface area contributed by atoms with Gasteiger partial charge in [-0.05, 0) is 25.3 Å². The van der Waals surface area contributed by atoms with Crippen molar-refractivity contribution in [1.29, 1.82) is 0 Å². The Labute approximate surface area is 105 Å². The first-order valence-electron chi connectivity index (χ1n) is 6.10. The highest BCUT2D eigenvalue weighted by molar-refractivity contribution is 5.95.